The van der Waals surface area contributed by atoms with Gasteiger partial charge >= 0.3 is 6.18 Å². The molecule has 0 saturated carbocycles. The molecule has 120 valence electrons. The van der Waals surface area contributed by atoms with Crippen LogP contribution in [-0.2, 0) is 4.79 Å². The summed E-state index contributed by atoms with van der Waals surface area (Å²) in [7, 11) is 0. The smallest absolute Gasteiger partial charge is 0.323 e. The standard InChI is InChI=1S/C17H13F4NO/c18-15(17(19,20)21)16(23)22-14(13-9-5-2-6-10-13)11-12-7-3-1-4-8-12/h1-11,15H,(H,22,23)/b14-11+. The number of rotatable bonds is 4. The lowest BCUT2D eigenvalue weighted by atomic mass is 10.1. The van der Waals surface area contributed by atoms with Gasteiger partial charge in [0.25, 0.3) is 12.1 Å². The van der Waals surface area contributed by atoms with Crippen LogP contribution in [0.1, 0.15) is 11.1 Å². The van der Waals surface area contributed by atoms with Crippen molar-refractivity contribution in [1.82, 2.24) is 5.32 Å². The summed E-state index contributed by atoms with van der Waals surface area (Å²) < 4.78 is 50.1. The predicted molar refractivity (Wildman–Crippen MR) is 79.8 cm³/mol. The van der Waals surface area contributed by atoms with Crippen LogP contribution >= 0.6 is 0 Å². The Morgan fingerprint density at radius 2 is 1.48 bits per heavy atom. The predicted octanol–water partition coefficient (Wildman–Crippen LogP) is 4.20. The molecule has 2 nitrogen and oxygen atoms in total. The molecule has 1 atom stereocenters. The first-order valence-corrected chi connectivity index (χ1v) is 6.72. The molecule has 0 saturated heterocycles. The van der Waals surface area contributed by atoms with Gasteiger partial charge in [0.2, 0.25) is 0 Å². The minimum atomic E-state index is -5.24. The number of hydrogen-bond donors (Lipinski definition) is 1. The van der Waals surface area contributed by atoms with Crippen LogP contribution in [0.2, 0.25) is 0 Å². The van der Waals surface area contributed by atoms with E-state index in [-0.39, 0.29) is 5.70 Å². The van der Waals surface area contributed by atoms with Gasteiger partial charge in [0.15, 0.2) is 0 Å². The summed E-state index contributed by atoms with van der Waals surface area (Å²) >= 11 is 0. The van der Waals surface area contributed by atoms with Crippen LogP contribution in [0.3, 0.4) is 0 Å². The molecule has 0 bridgehead atoms. The minimum absolute atomic E-state index is 0.0914. The lowest BCUT2D eigenvalue weighted by Gasteiger charge is -2.15. The van der Waals surface area contributed by atoms with Gasteiger partial charge in [-0.3, -0.25) is 4.79 Å². The van der Waals surface area contributed by atoms with Crippen molar-refractivity contribution in [2.75, 3.05) is 0 Å². The molecule has 0 radical (unpaired) electrons. The first kappa shape index (κ1) is 16.7. The zero-order valence-corrected chi connectivity index (χ0v) is 11.8. The van der Waals surface area contributed by atoms with E-state index in [2.05, 4.69) is 0 Å². The van der Waals surface area contributed by atoms with Crippen molar-refractivity contribution in [2.45, 2.75) is 12.3 Å². The molecular formula is C17H13F4NO. The van der Waals surface area contributed by atoms with Crippen molar-refractivity contribution >= 4 is 17.7 Å². The number of amides is 1. The number of carbonyl (C=O) groups excluding carboxylic acids is 1. The van der Waals surface area contributed by atoms with E-state index in [1.165, 1.54) is 6.08 Å². The Bertz CT molecular complexity index is 681. The summed E-state index contributed by atoms with van der Waals surface area (Å²) in [5.74, 6) is -1.75. The van der Waals surface area contributed by atoms with Gasteiger partial charge in [-0.1, -0.05) is 60.7 Å². The molecule has 2 aromatic carbocycles. The van der Waals surface area contributed by atoms with Crippen LogP contribution in [0.15, 0.2) is 60.7 Å². The largest absolute Gasteiger partial charge is 0.428 e. The van der Waals surface area contributed by atoms with Crippen molar-refractivity contribution in [3.8, 4) is 0 Å². The Morgan fingerprint density at radius 1 is 0.957 bits per heavy atom. The summed E-state index contributed by atoms with van der Waals surface area (Å²) in [6.45, 7) is 0. The Labute approximate surface area is 130 Å². The highest BCUT2D eigenvalue weighted by atomic mass is 19.4. The van der Waals surface area contributed by atoms with E-state index in [4.69, 9.17) is 0 Å². The quantitative estimate of drug-likeness (QED) is 0.663. The third-order valence-corrected chi connectivity index (χ3v) is 2.97. The van der Waals surface area contributed by atoms with Crippen LogP contribution in [-0.4, -0.2) is 18.3 Å². The van der Waals surface area contributed by atoms with E-state index in [1.54, 1.807) is 60.7 Å². The van der Waals surface area contributed by atoms with Crippen molar-refractivity contribution in [1.29, 1.82) is 0 Å². The second-order valence-corrected chi connectivity index (χ2v) is 4.73. The van der Waals surface area contributed by atoms with Crippen LogP contribution in [0.4, 0.5) is 17.6 Å². The fourth-order valence-corrected chi connectivity index (χ4v) is 1.87. The Kier molecular flexibility index (Phi) is 5.16. The van der Waals surface area contributed by atoms with Crippen LogP contribution < -0.4 is 5.32 Å². The van der Waals surface area contributed by atoms with Crippen LogP contribution in [0.5, 0.6) is 0 Å². The zero-order chi connectivity index (χ0) is 16.9. The highest BCUT2D eigenvalue weighted by Crippen LogP contribution is 2.24. The average Bonchev–Trinajstić information content (AvgIpc) is 2.54. The van der Waals surface area contributed by atoms with E-state index in [9.17, 15) is 22.4 Å². The highest BCUT2D eigenvalue weighted by Gasteiger charge is 2.45. The molecule has 23 heavy (non-hydrogen) atoms. The summed E-state index contributed by atoms with van der Waals surface area (Å²) in [5.41, 5.74) is 1.22. The molecule has 0 fully saturated rings. The van der Waals surface area contributed by atoms with Crippen molar-refractivity contribution < 1.29 is 22.4 Å². The van der Waals surface area contributed by atoms with E-state index in [0.29, 0.717) is 11.1 Å². The second-order valence-electron chi connectivity index (χ2n) is 4.73. The number of hydrogen-bond acceptors (Lipinski definition) is 1. The van der Waals surface area contributed by atoms with Crippen molar-refractivity contribution in [3.63, 3.8) is 0 Å². The molecule has 1 amide bonds. The van der Waals surface area contributed by atoms with Gasteiger partial charge in [-0.2, -0.15) is 13.2 Å². The SMILES string of the molecule is O=C(N/C(=C/c1ccccc1)c1ccccc1)C(F)C(F)(F)F. The molecule has 0 heterocycles. The molecule has 1 unspecified atom stereocenters. The zero-order valence-electron chi connectivity index (χ0n) is 11.8. The van der Waals surface area contributed by atoms with Gasteiger partial charge in [0.1, 0.15) is 0 Å². The number of benzene rings is 2. The summed E-state index contributed by atoms with van der Waals surface area (Å²) in [5, 5.41) is 2.02. The Hall–Kier alpha value is -2.63. The summed E-state index contributed by atoms with van der Waals surface area (Å²) in [6.07, 6.45) is -7.33. The number of carbonyl (C=O) groups is 1. The maximum Gasteiger partial charge on any atom is 0.428 e. The molecule has 0 aliphatic rings. The van der Waals surface area contributed by atoms with Crippen molar-refractivity contribution in [2.24, 2.45) is 0 Å². The topological polar surface area (TPSA) is 29.1 Å². The number of halogens is 4. The van der Waals surface area contributed by atoms with E-state index in [0.717, 1.165) is 0 Å². The van der Waals surface area contributed by atoms with Gasteiger partial charge in [-0.15, -0.1) is 0 Å². The summed E-state index contributed by atoms with van der Waals surface area (Å²) in [6, 6.07) is 16.9. The number of nitrogens with one attached hydrogen (secondary N) is 1. The first-order chi connectivity index (χ1) is 10.9. The minimum Gasteiger partial charge on any atom is -0.323 e. The second kappa shape index (κ2) is 7.09. The van der Waals surface area contributed by atoms with Crippen LogP contribution in [0, 0.1) is 0 Å². The van der Waals surface area contributed by atoms with E-state index < -0.39 is 18.3 Å². The van der Waals surface area contributed by atoms with E-state index >= 15 is 0 Å². The summed E-state index contributed by atoms with van der Waals surface area (Å²) in [4.78, 5) is 11.5. The molecule has 0 aliphatic carbocycles. The highest BCUT2D eigenvalue weighted by molar-refractivity contribution is 5.94. The average molecular weight is 323 g/mol. The normalized spacial score (nSPS) is 13.5. The van der Waals surface area contributed by atoms with Gasteiger partial charge in [0.05, 0.1) is 0 Å². The van der Waals surface area contributed by atoms with Gasteiger partial charge < -0.3 is 5.32 Å². The third-order valence-electron chi connectivity index (χ3n) is 2.97. The van der Waals surface area contributed by atoms with Crippen LogP contribution in [0.25, 0.3) is 11.8 Å². The fraction of sp³-hybridized carbons (Fsp3) is 0.118. The fourth-order valence-electron chi connectivity index (χ4n) is 1.87. The lowest BCUT2D eigenvalue weighted by Crippen LogP contribution is -2.40. The monoisotopic (exact) mass is 323 g/mol. The van der Waals surface area contributed by atoms with Crippen molar-refractivity contribution in [3.05, 3.63) is 71.8 Å². The lowest BCUT2D eigenvalue weighted by molar-refractivity contribution is -0.186. The Balaban J connectivity index is 2.32. The molecule has 0 spiro atoms. The first-order valence-electron chi connectivity index (χ1n) is 6.72. The molecule has 1 N–H and O–H groups in total. The van der Waals surface area contributed by atoms with E-state index in [1.807, 2.05) is 5.32 Å². The molecule has 0 aliphatic heterocycles. The third kappa shape index (κ3) is 4.67. The molecule has 6 heteroatoms. The molecule has 0 aromatic heterocycles. The van der Waals surface area contributed by atoms with Gasteiger partial charge in [-0.25, -0.2) is 4.39 Å². The maximum atomic E-state index is 13.2. The Morgan fingerprint density at radius 3 is 2.00 bits per heavy atom. The van der Waals surface area contributed by atoms with Gasteiger partial charge in [0, 0.05) is 5.70 Å². The maximum absolute atomic E-state index is 13.2. The number of alkyl halides is 4. The van der Waals surface area contributed by atoms with Gasteiger partial charge in [-0.05, 0) is 17.2 Å². The molecular weight excluding hydrogens is 310 g/mol. The molecule has 2 aromatic rings. The molecule has 2 rings (SSSR count).